The number of amides is 2. The Morgan fingerprint density at radius 3 is 2.68 bits per heavy atom. The first kappa shape index (κ1) is 17.7. The lowest BCUT2D eigenvalue weighted by Gasteiger charge is -2.23. The van der Waals surface area contributed by atoms with E-state index in [0.717, 1.165) is 0 Å². The summed E-state index contributed by atoms with van der Waals surface area (Å²) in [6.07, 6.45) is 1.24. The van der Waals surface area contributed by atoms with E-state index in [-0.39, 0.29) is 6.42 Å². The average Bonchev–Trinajstić information content (AvgIpc) is 2.94. The number of rotatable bonds is 8. The topological polar surface area (TPSA) is 150 Å². The van der Waals surface area contributed by atoms with Crippen LogP contribution in [-0.4, -0.2) is 58.8 Å². The van der Waals surface area contributed by atoms with Crippen LogP contribution in [0, 0.1) is 0 Å². The summed E-state index contributed by atoms with van der Waals surface area (Å²) in [7, 11) is -4.39. The Kier molecular flexibility index (Phi) is 6.23. The average molecular weight is 378 g/mol. The minimum Gasteiger partial charge on any atom is -0.444 e. The Morgan fingerprint density at radius 1 is 1.48 bits per heavy atom. The number of nitrogens with one attached hydrogen (secondary N) is 3. The van der Waals surface area contributed by atoms with Gasteiger partial charge in [0.1, 0.15) is 11.6 Å². The van der Waals surface area contributed by atoms with E-state index in [0.29, 0.717) is 5.69 Å². The highest BCUT2D eigenvalue weighted by Gasteiger charge is 2.25. The van der Waals surface area contributed by atoms with Gasteiger partial charge >= 0.3 is 6.09 Å². The van der Waals surface area contributed by atoms with Crippen LogP contribution in [0.1, 0.15) is 35.6 Å². The zero-order chi connectivity index (χ0) is 20.9. The first-order chi connectivity index (χ1) is 12.2. The number of H-pyrrole nitrogens is 1. The van der Waals surface area contributed by atoms with Gasteiger partial charge in [-0.15, -0.1) is 0 Å². The van der Waals surface area contributed by atoms with E-state index in [4.69, 9.17) is 12.0 Å². The van der Waals surface area contributed by atoms with Gasteiger partial charge in [-0.2, -0.15) is 8.42 Å². The zero-order valence-corrected chi connectivity index (χ0v) is 15.0. The molecule has 1 rings (SSSR count). The summed E-state index contributed by atoms with van der Waals surface area (Å²) in [5.74, 6) is -1.76. The van der Waals surface area contributed by atoms with E-state index in [1.165, 1.54) is 12.5 Å². The van der Waals surface area contributed by atoms with Crippen molar-refractivity contribution in [1.82, 2.24) is 20.6 Å². The molecule has 25 heavy (non-hydrogen) atoms. The van der Waals surface area contributed by atoms with Crippen molar-refractivity contribution in [2.75, 3.05) is 12.2 Å². The molecular weight excluding hydrogens is 352 g/mol. The molecule has 0 saturated carbocycles. The van der Waals surface area contributed by atoms with Crippen molar-refractivity contribution < 1.29 is 30.0 Å². The fourth-order valence-electron chi connectivity index (χ4n) is 1.69. The number of aromatic nitrogens is 2. The van der Waals surface area contributed by atoms with Crippen LogP contribution in [0.4, 0.5) is 4.79 Å². The standard InChI is InChI=1S/C14H24N4O6S/c1-14(2,3)24-13(20)18-11(7-10-8-15-9-17-10)12(19)16-5-4-6-25(21,22)23/h8-9,11H,4-7H2,1-3H3,(H,15,17)(H,16,19)(H,18,20)(H,21,22,23)/t11-/m0/s1/i5D2. The lowest BCUT2D eigenvalue weighted by atomic mass is 10.1. The quantitative estimate of drug-likeness (QED) is 0.473. The van der Waals surface area contributed by atoms with Crippen molar-refractivity contribution in [3.63, 3.8) is 0 Å². The molecule has 0 aliphatic carbocycles. The van der Waals surface area contributed by atoms with Crippen molar-refractivity contribution >= 4 is 22.1 Å². The van der Waals surface area contributed by atoms with Gasteiger partial charge in [-0.25, -0.2) is 9.78 Å². The number of ether oxygens (including phenoxy) is 1. The van der Waals surface area contributed by atoms with Gasteiger partial charge in [0, 0.05) is 27.5 Å². The van der Waals surface area contributed by atoms with Crippen LogP contribution in [0.3, 0.4) is 0 Å². The fourth-order valence-corrected chi connectivity index (χ4v) is 2.05. The number of alkyl carbamates (subject to hydrolysis) is 1. The van der Waals surface area contributed by atoms with Crippen LogP contribution in [0.25, 0.3) is 0 Å². The molecule has 0 spiro atoms. The first-order valence-corrected chi connectivity index (χ1v) is 9.02. The summed E-state index contributed by atoms with van der Waals surface area (Å²) < 4.78 is 50.8. The molecule has 0 aliphatic heterocycles. The molecule has 0 bridgehead atoms. The van der Waals surface area contributed by atoms with Gasteiger partial charge in [-0.05, 0) is 27.2 Å². The third kappa shape index (κ3) is 9.67. The highest BCUT2D eigenvalue weighted by Crippen LogP contribution is 2.08. The molecule has 0 aliphatic rings. The molecule has 1 aromatic heterocycles. The second-order valence-electron chi connectivity index (χ2n) is 6.18. The molecule has 1 heterocycles. The minimum absolute atomic E-state index is 0.0283. The monoisotopic (exact) mass is 378 g/mol. The van der Waals surface area contributed by atoms with E-state index in [1.54, 1.807) is 20.8 Å². The maximum atomic E-state index is 12.4. The van der Waals surface area contributed by atoms with Crippen molar-refractivity contribution in [3.05, 3.63) is 18.2 Å². The molecule has 1 aromatic rings. The van der Waals surface area contributed by atoms with Crippen molar-refractivity contribution in [1.29, 1.82) is 0 Å². The number of carbonyl (C=O) groups is 2. The van der Waals surface area contributed by atoms with Gasteiger partial charge in [0.25, 0.3) is 10.1 Å². The number of aromatic amines is 1. The van der Waals surface area contributed by atoms with Crippen LogP contribution >= 0.6 is 0 Å². The molecule has 142 valence electrons. The number of hydrogen-bond acceptors (Lipinski definition) is 6. The molecular formula is C14H24N4O6S. The SMILES string of the molecule is [2H]C([2H])(CCS(=O)(=O)O)NC(=O)[C@H](Cc1cnc[nH]1)NC(=O)OC(C)(C)C. The first-order valence-electron chi connectivity index (χ1n) is 8.41. The Bertz CT molecular complexity index is 746. The predicted molar refractivity (Wildman–Crippen MR) is 89.5 cm³/mol. The van der Waals surface area contributed by atoms with E-state index in [2.05, 4.69) is 15.3 Å². The van der Waals surface area contributed by atoms with Gasteiger partial charge in [0.15, 0.2) is 0 Å². The van der Waals surface area contributed by atoms with E-state index in [1.807, 2.05) is 5.32 Å². The molecule has 2 amide bonds. The van der Waals surface area contributed by atoms with Crippen LogP contribution in [0.15, 0.2) is 12.5 Å². The molecule has 0 aromatic carbocycles. The Hall–Kier alpha value is -2.14. The van der Waals surface area contributed by atoms with Crippen LogP contribution in [0.5, 0.6) is 0 Å². The number of carbonyl (C=O) groups excluding carboxylic acids is 2. The van der Waals surface area contributed by atoms with Crippen LogP contribution in [0.2, 0.25) is 0 Å². The third-order valence-corrected chi connectivity index (χ3v) is 3.40. The normalized spacial score (nSPS) is 14.9. The summed E-state index contributed by atoms with van der Waals surface area (Å²) in [6.45, 7) is 2.51. The maximum Gasteiger partial charge on any atom is 0.408 e. The number of imidazole rings is 1. The highest BCUT2D eigenvalue weighted by atomic mass is 32.2. The van der Waals surface area contributed by atoms with Crippen molar-refractivity contribution in [2.45, 2.75) is 45.3 Å². The van der Waals surface area contributed by atoms with Gasteiger partial charge in [0.2, 0.25) is 5.91 Å². The third-order valence-electron chi connectivity index (χ3n) is 2.68. The second-order valence-corrected chi connectivity index (χ2v) is 7.75. The molecule has 0 radical (unpaired) electrons. The van der Waals surface area contributed by atoms with E-state index >= 15 is 0 Å². The zero-order valence-electron chi connectivity index (χ0n) is 16.2. The summed E-state index contributed by atoms with van der Waals surface area (Å²) in [5, 5.41) is 4.38. The lowest BCUT2D eigenvalue weighted by molar-refractivity contribution is -0.123. The maximum absolute atomic E-state index is 12.4. The van der Waals surface area contributed by atoms with Gasteiger partial charge in [-0.1, -0.05) is 0 Å². The van der Waals surface area contributed by atoms with E-state index < -0.39 is 52.4 Å². The molecule has 0 unspecified atom stereocenters. The molecule has 10 nitrogen and oxygen atoms in total. The summed E-state index contributed by atoms with van der Waals surface area (Å²) in [6, 6.07) is -1.21. The van der Waals surface area contributed by atoms with Gasteiger partial charge in [0.05, 0.1) is 12.1 Å². The Labute approximate surface area is 149 Å². The Balaban J connectivity index is 2.84. The largest absolute Gasteiger partial charge is 0.444 e. The van der Waals surface area contributed by atoms with E-state index in [9.17, 15) is 18.0 Å². The van der Waals surface area contributed by atoms with Crippen molar-refractivity contribution in [3.8, 4) is 0 Å². The smallest absolute Gasteiger partial charge is 0.408 e. The highest BCUT2D eigenvalue weighted by molar-refractivity contribution is 7.85. The predicted octanol–water partition coefficient (Wildman–Crippen LogP) is 0.240. The lowest BCUT2D eigenvalue weighted by Crippen LogP contribution is -2.49. The molecule has 1 atom stereocenters. The molecule has 4 N–H and O–H groups in total. The summed E-state index contributed by atoms with van der Waals surface area (Å²) >= 11 is 0. The van der Waals surface area contributed by atoms with Gasteiger partial charge in [-0.3, -0.25) is 9.35 Å². The number of nitrogens with zero attached hydrogens (tertiary/aromatic N) is 1. The molecule has 11 heteroatoms. The fraction of sp³-hybridized carbons (Fsp3) is 0.643. The van der Waals surface area contributed by atoms with Crippen LogP contribution < -0.4 is 10.6 Å². The number of hydrogen-bond donors (Lipinski definition) is 4. The van der Waals surface area contributed by atoms with Crippen molar-refractivity contribution in [2.24, 2.45) is 0 Å². The molecule has 0 saturated heterocycles. The van der Waals surface area contributed by atoms with Gasteiger partial charge < -0.3 is 20.4 Å². The molecule has 0 fully saturated rings. The minimum atomic E-state index is -4.39. The van der Waals surface area contributed by atoms with Crippen LogP contribution in [-0.2, 0) is 26.1 Å². The second kappa shape index (κ2) is 8.81. The summed E-state index contributed by atoms with van der Waals surface area (Å²) in [4.78, 5) is 31.0. The Morgan fingerprint density at radius 2 is 2.16 bits per heavy atom. The summed E-state index contributed by atoms with van der Waals surface area (Å²) in [5.41, 5.74) is -0.298.